The molecule has 218 valence electrons. The van der Waals surface area contributed by atoms with Gasteiger partial charge in [0.15, 0.2) is 11.7 Å². The van der Waals surface area contributed by atoms with Gasteiger partial charge in [-0.25, -0.2) is 13.8 Å². The van der Waals surface area contributed by atoms with E-state index in [0.717, 1.165) is 29.6 Å². The van der Waals surface area contributed by atoms with Crippen molar-refractivity contribution in [2.45, 2.75) is 91.9 Å². The van der Waals surface area contributed by atoms with Crippen molar-refractivity contribution in [3.05, 3.63) is 52.6 Å². The van der Waals surface area contributed by atoms with Crippen LogP contribution in [0.5, 0.6) is 0 Å². The first-order valence-corrected chi connectivity index (χ1v) is 13.4. The SMILES string of the molecule is CC.CC(C)O.CCn1c(/C(N)=N/NC)nc2c1CN(C1CO[C@H](c3cc(F)ccc3F)C(NC(C)=O)C1)C2. The second-order valence-corrected chi connectivity index (χ2v) is 9.41. The Balaban J connectivity index is 0.000000815. The van der Waals surface area contributed by atoms with Gasteiger partial charge in [0.25, 0.3) is 0 Å². The number of amides is 1. The summed E-state index contributed by atoms with van der Waals surface area (Å²) in [5.41, 5.74) is 10.8. The number of fused-ring (bicyclic) bond motifs is 1. The first-order valence-electron chi connectivity index (χ1n) is 13.4. The number of hydrogen-bond acceptors (Lipinski definition) is 7. The van der Waals surface area contributed by atoms with E-state index in [1.807, 2.05) is 25.3 Å². The van der Waals surface area contributed by atoms with Crippen LogP contribution in [0.1, 0.15) is 76.8 Å². The zero-order valence-corrected chi connectivity index (χ0v) is 24.0. The molecular formula is C27H43F2N7O3. The fraction of sp³-hybridized carbons (Fsp3) is 0.593. The van der Waals surface area contributed by atoms with Crippen LogP contribution in [0.3, 0.4) is 0 Å². The molecular weight excluding hydrogens is 508 g/mol. The number of aliphatic hydroxyl groups is 1. The minimum Gasteiger partial charge on any atom is -0.394 e. The number of aliphatic hydroxyl groups excluding tert-OH is 1. The Hall–Kier alpha value is -3.09. The predicted molar refractivity (Wildman–Crippen MR) is 147 cm³/mol. The first-order chi connectivity index (χ1) is 18.5. The number of nitrogens with two attached hydrogens (primary N) is 1. The van der Waals surface area contributed by atoms with Crippen LogP contribution in [0.2, 0.25) is 0 Å². The number of nitrogens with one attached hydrogen (secondary N) is 2. The van der Waals surface area contributed by atoms with Gasteiger partial charge >= 0.3 is 0 Å². The van der Waals surface area contributed by atoms with Crippen LogP contribution in [-0.2, 0) is 29.2 Å². The number of benzene rings is 1. The Labute approximate surface area is 229 Å². The molecule has 3 heterocycles. The minimum absolute atomic E-state index is 0.0269. The minimum atomic E-state index is -0.766. The van der Waals surface area contributed by atoms with Gasteiger partial charge in [-0.15, -0.1) is 0 Å². The third kappa shape index (κ3) is 8.20. The van der Waals surface area contributed by atoms with E-state index >= 15 is 0 Å². The molecule has 2 aliphatic rings. The number of rotatable bonds is 6. The molecule has 1 amide bonds. The van der Waals surface area contributed by atoms with E-state index in [1.165, 1.54) is 6.92 Å². The largest absolute Gasteiger partial charge is 0.394 e. The summed E-state index contributed by atoms with van der Waals surface area (Å²) in [5, 5.41) is 15.0. The molecule has 2 aliphatic heterocycles. The van der Waals surface area contributed by atoms with Crippen LogP contribution in [0.4, 0.5) is 8.78 Å². The number of hydrogen-bond donors (Lipinski definition) is 4. The summed E-state index contributed by atoms with van der Waals surface area (Å²) in [7, 11) is 1.68. The molecule has 1 fully saturated rings. The standard InChI is InChI=1S/C22H29F2N7O2.C3H8O.C2H6/c1-4-31-19-10-30(9-18(19)28-22(31)21(25)29-26-3)14-8-17(27-12(2)32)20(33-11-14)15-7-13(23)5-6-16(15)24;1-3(2)4;1-2/h5-7,14,17,20,26H,4,8-11H2,1-3H3,(H2,25,29)(H,27,32);3-4H,1-2H3;1-2H3/t14?,17?,20-;;/m1../s1. The van der Waals surface area contributed by atoms with Crippen LogP contribution in [0, 0.1) is 11.6 Å². The quantitative estimate of drug-likeness (QED) is 0.247. The molecule has 3 atom stereocenters. The average Bonchev–Trinajstić information content (AvgIpc) is 3.44. The second-order valence-electron chi connectivity index (χ2n) is 9.41. The fourth-order valence-corrected chi connectivity index (χ4v) is 4.75. The summed E-state index contributed by atoms with van der Waals surface area (Å²) in [6, 6.07) is 2.76. The van der Waals surface area contributed by atoms with E-state index in [1.54, 1.807) is 20.9 Å². The van der Waals surface area contributed by atoms with Crippen molar-refractivity contribution in [2.75, 3.05) is 13.7 Å². The van der Waals surface area contributed by atoms with E-state index < -0.39 is 23.8 Å². The number of carbonyl (C=O) groups is 1. The highest BCUT2D eigenvalue weighted by Crippen LogP contribution is 2.35. The van der Waals surface area contributed by atoms with Gasteiger partial charge < -0.3 is 30.9 Å². The summed E-state index contributed by atoms with van der Waals surface area (Å²) in [6.07, 6.45) is -0.398. The van der Waals surface area contributed by atoms with E-state index in [2.05, 4.69) is 20.7 Å². The molecule has 0 saturated carbocycles. The molecule has 10 nitrogen and oxygen atoms in total. The van der Waals surface area contributed by atoms with Crippen LogP contribution in [-0.4, -0.2) is 63.1 Å². The van der Waals surface area contributed by atoms with Crippen LogP contribution >= 0.6 is 0 Å². The molecule has 5 N–H and O–H groups in total. The number of nitrogens with zero attached hydrogens (tertiary/aromatic N) is 4. The zero-order valence-electron chi connectivity index (χ0n) is 24.0. The number of halogens is 2. The molecule has 39 heavy (non-hydrogen) atoms. The molecule has 1 aromatic carbocycles. The van der Waals surface area contributed by atoms with Gasteiger partial charge in [0.1, 0.15) is 17.7 Å². The van der Waals surface area contributed by atoms with E-state index in [9.17, 15) is 13.6 Å². The number of imidazole rings is 1. The molecule has 2 aromatic rings. The number of hydrazone groups is 1. The van der Waals surface area contributed by atoms with Crippen LogP contribution in [0.15, 0.2) is 23.3 Å². The summed E-state index contributed by atoms with van der Waals surface area (Å²) in [6.45, 7) is 13.1. The molecule has 0 radical (unpaired) electrons. The van der Waals surface area contributed by atoms with Crippen molar-refractivity contribution in [3.63, 3.8) is 0 Å². The summed E-state index contributed by atoms with van der Waals surface area (Å²) < 4.78 is 36.3. The fourth-order valence-electron chi connectivity index (χ4n) is 4.75. The Morgan fingerprint density at radius 1 is 1.31 bits per heavy atom. The van der Waals surface area contributed by atoms with Gasteiger partial charge in [-0.2, -0.15) is 5.10 Å². The molecule has 1 saturated heterocycles. The number of ether oxygens (including phenoxy) is 1. The molecule has 12 heteroatoms. The highest BCUT2D eigenvalue weighted by atomic mass is 19.1. The van der Waals surface area contributed by atoms with Gasteiger partial charge in [-0.05, 0) is 45.4 Å². The van der Waals surface area contributed by atoms with E-state index in [-0.39, 0.29) is 23.6 Å². The van der Waals surface area contributed by atoms with E-state index in [4.69, 9.17) is 20.6 Å². The lowest BCUT2D eigenvalue weighted by Crippen LogP contribution is -2.51. The third-order valence-corrected chi connectivity index (χ3v) is 6.17. The van der Waals surface area contributed by atoms with Crippen molar-refractivity contribution in [1.29, 1.82) is 0 Å². The molecule has 1 aromatic heterocycles. The van der Waals surface area contributed by atoms with Gasteiger partial charge in [0.2, 0.25) is 5.91 Å². The lowest BCUT2D eigenvalue weighted by molar-refractivity contribution is -0.123. The van der Waals surface area contributed by atoms with Crippen molar-refractivity contribution in [3.8, 4) is 0 Å². The second kappa shape index (κ2) is 14.9. The van der Waals surface area contributed by atoms with Gasteiger partial charge in [-0.1, -0.05) is 13.8 Å². The average molecular weight is 552 g/mol. The van der Waals surface area contributed by atoms with Crippen molar-refractivity contribution >= 4 is 11.7 Å². The van der Waals surface area contributed by atoms with Gasteiger partial charge in [0.05, 0.1) is 24.0 Å². The van der Waals surface area contributed by atoms with Crippen molar-refractivity contribution in [1.82, 2.24) is 25.2 Å². The monoisotopic (exact) mass is 551 g/mol. The highest BCUT2D eigenvalue weighted by Gasteiger charge is 2.39. The maximum Gasteiger partial charge on any atom is 0.217 e. The summed E-state index contributed by atoms with van der Waals surface area (Å²) in [4.78, 5) is 18.8. The van der Waals surface area contributed by atoms with Gasteiger partial charge in [0, 0.05) is 51.3 Å². The maximum absolute atomic E-state index is 14.4. The number of carbonyl (C=O) groups excluding carboxylic acids is 1. The molecule has 0 aliphatic carbocycles. The van der Waals surface area contributed by atoms with Crippen LogP contribution in [0.25, 0.3) is 0 Å². The summed E-state index contributed by atoms with van der Waals surface area (Å²) in [5.74, 6) is -0.397. The first kappa shape index (κ1) is 32.1. The highest BCUT2D eigenvalue weighted by molar-refractivity contribution is 5.94. The number of aromatic nitrogens is 2. The Morgan fingerprint density at radius 3 is 2.56 bits per heavy atom. The predicted octanol–water partition coefficient (Wildman–Crippen LogP) is 2.78. The van der Waals surface area contributed by atoms with Crippen LogP contribution < -0.4 is 16.5 Å². The number of amidine groups is 1. The van der Waals surface area contributed by atoms with Gasteiger partial charge in [-0.3, -0.25) is 9.69 Å². The smallest absolute Gasteiger partial charge is 0.217 e. The van der Waals surface area contributed by atoms with E-state index in [0.29, 0.717) is 44.3 Å². The van der Waals surface area contributed by atoms with Crippen molar-refractivity contribution < 1.29 is 23.4 Å². The maximum atomic E-state index is 14.4. The molecule has 2 unspecified atom stereocenters. The Kier molecular flexibility index (Phi) is 12.3. The molecule has 0 bridgehead atoms. The topological polar surface area (TPSA) is 130 Å². The molecule has 0 spiro atoms. The Morgan fingerprint density at radius 2 is 1.97 bits per heavy atom. The third-order valence-electron chi connectivity index (χ3n) is 6.17. The van der Waals surface area contributed by atoms with Crippen molar-refractivity contribution in [2.24, 2.45) is 10.8 Å². The molecule has 4 rings (SSSR count). The Bertz CT molecular complexity index is 1120. The lowest BCUT2D eigenvalue weighted by atomic mass is 9.92. The lowest BCUT2D eigenvalue weighted by Gasteiger charge is -2.40. The zero-order chi connectivity index (χ0) is 29.3. The summed E-state index contributed by atoms with van der Waals surface area (Å²) >= 11 is 0. The normalized spacial score (nSPS) is 20.9.